The highest BCUT2D eigenvalue weighted by molar-refractivity contribution is 5.92. The van der Waals surface area contributed by atoms with E-state index in [1.54, 1.807) is 0 Å². The zero-order valence-electron chi connectivity index (χ0n) is 48.0. The summed E-state index contributed by atoms with van der Waals surface area (Å²) in [4.78, 5) is 100. The highest BCUT2D eigenvalue weighted by Gasteiger charge is 2.48. The second-order valence-corrected chi connectivity index (χ2v) is 21.1. The van der Waals surface area contributed by atoms with E-state index in [1.165, 1.54) is 27.7 Å². The normalized spacial score (nSPS) is 28.7. The van der Waals surface area contributed by atoms with Crippen LogP contribution in [0.1, 0.15) is 130 Å². The highest BCUT2D eigenvalue weighted by Crippen LogP contribution is 2.25. The van der Waals surface area contributed by atoms with Gasteiger partial charge < -0.3 is 112 Å². The zero-order valence-corrected chi connectivity index (χ0v) is 48.0. The van der Waals surface area contributed by atoms with Crippen LogP contribution in [0.3, 0.4) is 0 Å². The molecule has 3 aliphatic heterocycles. The highest BCUT2D eigenvalue weighted by atomic mass is 16.7. The summed E-state index contributed by atoms with van der Waals surface area (Å²) in [6.07, 6.45) is -10.3. The van der Waals surface area contributed by atoms with Crippen LogP contribution in [0.4, 0.5) is 0 Å². The number of ketones is 1. The summed E-state index contributed by atoms with van der Waals surface area (Å²) in [7, 11) is 0. The second-order valence-electron chi connectivity index (χ2n) is 21.1. The van der Waals surface area contributed by atoms with Gasteiger partial charge >= 0.3 is 0 Å². The third-order valence-electron chi connectivity index (χ3n) is 14.2. The number of carbonyl (C=O) groups is 8. The Labute approximate surface area is 483 Å². The van der Waals surface area contributed by atoms with Crippen molar-refractivity contribution < 1.29 is 113 Å². The third kappa shape index (κ3) is 25.9. The van der Waals surface area contributed by atoms with E-state index < -0.39 is 153 Å². The minimum absolute atomic E-state index is 0.0130. The van der Waals surface area contributed by atoms with Crippen LogP contribution in [0.5, 0.6) is 0 Å². The van der Waals surface area contributed by atoms with E-state index in [-0.39, 0.29) is 82.5 Å². The summed E-state index contributed by atoms with van der Waals surface area (Å²) < 4.78 is 33.8. The first-order valence-electron chi connectivity index (χ1n) is 28.7. The largest absolute Gasteiger partial charge is 0.394 e. The van der Waals surface area contributed by atoms with Gasteiger partial charge in [0.25, 0.3) is 0 Å². The average molecular weight is 1200 g/mol. The van der Waals surface area contributed by atoms with Crippen LogP contribution in [-0.4, -0.2) is 250 Å². The molecule has 3 rings (SSSR count). The van der Waals surface area contributed by atoms with Crippen molar-refractivity contribution in [1.82, 2.24) is 37.2 Å². The van der Waals surface area contributed by atoms with E-state index in [4.69, 9.17) is 28.4 Å². The summed E-state index contributed by atoms with van der Waals surface area (Å²) in [6.45, 7) is 3.92. The quantitative estimate of drug-likeness (QED) is 0.0256. The smallest absolute Gasteiger partial charge is 0.243 e. The molecule has 0 saturated carbocycles. The average Bonchev–Trinajstić information content (AvgIpc) is 3.61. The van der Waals surface area contributed by atoms with Crippen LogP contribution in [-0.2, 0) is 66.8 Å². The number of aliphatic hydroxyl groups excluding tert-OH is 9. The molecule has 0 spiro atoms. The van der Waals surface area contributed by atoms with Crippen LogP contribution in [0.15, 0.2) is 0 Å². The summed E-state index contributed by atoms with van der Waals surface area (Å²) >= 11 is 0. The minimum atomic E-state index is -1.49. The van der Waals surface area contributed by atoms with Gasteiger partial charge in [0.15, 0.2) is 24.7 Å². The number of hydrogen-bond acceptors (Lipinski definition) is 23. The van der Waals surface area contributed by atoms with Crippen LogP contribution in [0.25, 0.3) is 0 Å². The van der Waals surface area contributed by atoms with Crippen LogP contribution < -0.4 is 37.2 Å². The molecule has 0 aromatic carbocycles. The third-order valence-corrected chi connectivity index (χ3v) is 14.2. The van der Waals surface area contributed by atoms with Crippen molar-refractivity contribution in [3.8, 4) is 0 Å². The fourth-order valence-corrected chi connectivity index (χ4v) is 9.56. The lowest BCUT2D eigenvalue weighted by Crippen LogP contribution is -2.64. The van der Waals surface area contributed by atoms with E-state index in [9.17, 15) is 84.3 Å². The van der Waals surface area contributed by atoms with Gasteiger partial charge in [-0.1, -0.05) is 12.8 Å². The van der Waals surface area contributed by atoms with E-state index in [2.05, 4.69) is 37.2 Å². The van der Waals surface area contributed by atoms with Crippen molar-refractivity contribution >= 4 is 47.1 Å². The first-order chi connectivity index (χ1) is 39.5. The maximum atomic E-state index is 13.8. The zero-order chi connectivity index (χ0) is 61.6. The lowest BCUT2D eigenvalue weighted by atomic mass is 9.97. The molecule has 3 fully saturated rings. The number of hydrogen-bond donors (Lipinski definition) is 16. The molecular formula is C53H93N7O23. The number of unbranched alkanes of at least 4 members (excludes halogenated alkanes) is 6. The maximum Gasteiger partial charge on any atom is 0.243 e. The molecular weight excluding hydrogens is 1100 g/mol. The van der Waals surface area contributed by atoms with Gasteiger partial charge in [0.05, 0.1) is 32.5 Å². The molecule has 30 nitrogen and oxygen atoms in total. The molecule has 30 heteroatoms. The predicted molar refractivity (Wildman–Crippen MR) is 288 cm³/mol. The van der Waals surface area contributed by atoms with Gasteiger partial charge in [0.1, 0.15) is 79.1 Å². The molecule has 7 amide bonds. The second kappa shape index (κ2) is 39.1. The first-order valence-corrected chi connectivity index (χ1v) is 28.7. The Hall–Kier alpha value is -4.64. The molecule has 8 unspecified atom stereocenters. The molecule has 3 heterocycles. The maximum absolute atomic E-state index is 13.8. The Morgan fingerprint density at radius 2 is 0.759 bits per heavy atom. The molecule has 17 atom stereocenters. The molecule has 0 aromatic rings. The summed E-state index contributed by atoms with van der Waals surface area (Å²) in [5.41, 5.74) is 0. The Bertz CT molecular complexity index is 2000. The van der Waals surface area contributed by atoms with Gasteiger partial charge in [-0.05, 0) is 77.6 Å². The SMILES string of the molecule is CC(=O)N[C@H]1C(O)[C@@H](O)C(CO)O[C@H]1OCCCCCC(=O)NCCCCC(NC(=O)C(CCCCNC(=O)CCCO[C@@H]1OC(CO)[C@H](O)C(O)[C@@H]1NC(C)=O)NC(=O)CCCCCO[C@@H]1OC(CO)[C@H](O)C(O)[C@@H]1NC(C)=O)C(C)=O. The number of nitrogens with one attached hydrogen (secondary N) is 7. The van der Waals surface area contributed by atoms with Gasteiger partial charge in [0.2, 0.25) is 41.4 Å². The Morgan fingerprint density at radius 3 is 1.12 bits per heavy atom. The standard InChI is InChI=1S/C53H93N7O23/c1-29(64)33(16-9-11-21-54-38(68)18-7-5-13-23-78-51-41(56-30(2)65)47(74)44(71)35(26-61)81-51)60-50(77)34(59-40(70)19-8-6-14-24-79-52-42(57-31(3)66)48(75)45(72)36(27-62)82-52)17-10-12-22-55-39(69)20-15-25-80-53-43(58-32(4)67)49(76)46(73)37(28-63)83-53/h33-37,41-49,51-53,61-63,71-76H,5-28H2,1-4H3,(H,54,68)(H,55,69)(H,56,65)(H,57,66)(H,58,67)(H,59,70)(H,60,77)/t33?,34?,35?,36?,37?,41-,42-,43-,44-,45-,46-,47?,48?,49?,51+,52+,53+/m0/s1. The van der Waals surface area contributed by atoms with E-state index in [1.807, 2.05) is 0 Å². The molecule has 16 N–H and O–H groups in total. The van der Waals surface area contributed by atoms with E-state index in [0.29, 0.717) is 70.8 Å². The molecule has 3 saturated heterocycles. The van der Waals surface area contributed by atoms with Gasteiger partial charge in [-0.2, -0.15) is 0 Å². The van der Waals surface area contributed by atoms with Gasteiger partial charge in [-0.15, -0.1) is 0 Å². The number of ether oxygens (including phenoxy) is 6. The van der Waals surface area contributed by atoms with Gasteiger partial charge in [-0.25, -0.2) is 0 Å². The Balaban J connectivity index is 1.46. The van der Waals surface area contributed by atoms with Crippen molar-refractivity contribution in [2.24, 2.45) is 0 Å². The lowest BCUT2D eigenvalue weighted by Gasteiger charge is -2.42. The van der Waals surface area contributed by atoms with Gasteiger partial charge in [-0.3, -0.25) is 38.4 Å². The first kappa shape index (κ1) is 72.6. The Morgan fingerprint density at radius 1 is 0.410 bits per heavy atom. The summed E-state index contributed by atoms with van der Waals surface area (Å²) in [6, 6.07) is -5.26. The molecule has 3 aliphatic rings. The van der Waals surface area contributed by atoms with Crippen LogP contribution in [0, 0.1) is 0 Å². The van der Waals surface area contributed by atoms with Crippen molar-refractivity contribution in [2.45, 2.75) is 234 Å². The predicted octanol–water partition coefficient (Wildman–Crippen LogP) is -5.10. The van der Waals surface area contributed by atoms with Crippen LogP contribution in [0.2, 0.25) is 0 Å². The molecule has 0 radical (unpaired) electrons. The van der Waals surface area contributed by atoms with Crippen molar-refractivity contribution in [1.29, 1.82) is 0 Å². The molecule has 0 bridgehead atoms. The van der Waals surface area contributed by atoms with Crippen molar-refractivity contribution in [2.75, 3.05) is 52.7 Å². The van der Waals surface area contributed by atoms with Crippen molar-refractivity contribution in [3.05, 3.63) is 0 Å². The number of Topliss-reactive ketones (excluding diaryl/α,β-unsaturated/α-hetero) is 1. The topological polar surface area (TPSA) is 458 Å². The molecule has 0 aliphatic carbocycles. The lowest BCUT2D eigenvalue weighted by molar-refractivity contribution is -0.270. The number of amides is 7. The molecule has 478 valence electrons. The monoisotopic (exact) mass is 1200 g/mol. The minimum Gasteiger partial charge on any atom is -0.394 e. The number of rotatable bonds is 39. The van der Waals surface area contributed by atoms with E-state index in [0.717, 1.165) is 0 Å². The fourth-order valence-electron chi connectivity index (χ4n) is 9.56. The van der Waals surface area contributed by atoms with Crippen LogP contribution >= 0.6 is 0 Å². The van der Waals surface area contributed by atoms with Gasteiger partial charge in [0, 0.05) is 66.3 Å². The summed E-state index contributed by atoms with van der Waals surface area (Å²) in [5.74, 6) is -3.37. The molecule has 0 aromatic heterocycles. The van der Waals surface area contributed by atoms with E-state index >= 15 is 0 Å². The number of carbonyl (C=O) groups excluding carboxylic acids is 8. The fraction of sp³-hybridized carbons (Fsp3) is 0.849. The molecule has 83 heavy (non-hydrogen) atoms. The number of aliphatic hydroxyl groups is 9. The summed E-state index contributed by atoms with van der Waals surface area (Å²) in [5, 5.41) is 109. The van der Waals surface area contributed by atoms with Crippen molar-refractivity contribution in [3.63, 3.8) is 0 Å². The Kier molecular flexibility index (Phi) is 34.2.